The van der Waals surface area contributed by atoms with Crippen LogP contribution in [0.4, 0.5) is 0 Å². The van der Waals surface area contributed by atoms with Crippen LogP contribution in [0, 0.1) is 5.41 Å². The first-order valence-corrected chi connectivity index (χ1v) is 7.46. The quantitative estimate of drug-likeness (QED) is 0.797. The van der Waals surface area contributed by atoms with E-state index in [1.54, 1.807) is 0 Å². The Bertz CT molecular complexity index is 399. The maximum atomic E-state index is 6.39. The van der Waals surface area contributed by atoms with Crippen LogP contribution >= 0.6 is 27.5 Å². The number of hydrogen-bond acceptors (Lipinski definition) is 2. The summed E-state index contributed by atoms with van der Waals surface area (Å²) < 4.78 is 7.45. The summed E-state index contributed by atoms with van der Waals surface area (Å²) in [5.41, 5.74) is 2.31. The number of rotatable bonds is 4. The first-order valence-electron chi connectivity index (χ1n) is 5.96. The molecule has 1 aromatic rings. The number of alkyl halides is 1. The molecule has 0 radical (unpaired) electrons. The van der Waals surface area contributed by atoms with Gasteiger partial charge in [0.25, 0.3) is 0 Å². The number of halogens is 2. The Morgan fingerprint density at radius 1 is 1.59 bits per heavy atom. The smallest absolute Gasteiger partial charge is 0.0849 e. The third kappa shape index (κ3) is 2.54. The Morgan fingerprint density at radius 3 is 2.82 bits per heavy atom. The van der Waals surface area contributed by atoms with Crippen molar-refractivity contribution >= 4 is 27.5 Å². The highest BCUT2D eigenvalue weighted by molar-refractivity contribution is 9.09. The van der Waals surface area contributed by atoms with Gasteiger partial charge in [-0.1, -0.05) is 34.5 Å². The fourth-order valence-corrected chi connectivity index (χ4v) is 3.31. The molecular weight excluding hydrogens is 304 g/mol. The Kier molecular flexibility index (Phi) is 4.16. The lowest BCUT2D eigenvalue weighted by molar-refractivity contribution is 0.161. The standard InChI is InChI=1S/C12H18BrClN2O/c1-3-9-11(14)10(16(2)15-9)6-12(7-13)4-5-17-8-12/h3-8H2,1-2H3. The topological polar surface area (TPSA) is 27.1 Å². The summed E-state index contributed by atoms with van der Waals surface area (Å²) in [5, 5.41) is 6.25. The van der Waals surface area contributed by atoms with Crippen LogP contribution in [-0.2, 0) is 24.6 Å². The van der Waals surface area contributed by atoms with E-state index >= 15 is 0 Å². The van der Waals surface area contributed by atoms with Crippen LogP contribution in [0.1, 0.15) is 24.7 Å². The van der Waals surface area contributed by atoms with Gasteiger partial charge in [0.05, 0.1) is 23.0 Å². The summed E-state index contributed by atoms with van der Waals surface area (Å²) in [7, 11) is 1.97. The Labute approximate surface area is 116 Å². The summed E-state index contributed by atoms with van der Waals surface area (Å²) in [6, 6.07) is 0. The van der Waals surface area contributed by atoms with E-state index in [1.165, 1.54) is 0 Å². The van der Waals surface area contributed by atoms with Crippen molar-refractivity contribution in [1.82, 2.24) is 9.78 Å². The normalized spacial score (nSPS) is 24.5. The molecule has 0 N–H and O–H groups in total. The molecule has 0 bridgehead atoms. The van der Waals surface area contributed by atoms with E-state index in [2.05, 4.69) is 28.0 Å². The van der Waals surface area contributed by atoms with Gasteiger partial charge in [0.15, 0.2) is 0 Å². The van der Waals surface area contributed by atoms with Crippen LogP contribution in [0.5, 0.6) is 0 Å². The molecule has 0 saturated carbocycles. The molecule has 5 heteroatoms. The maximum Gasteiger partial charge on any atom is 0.0849 e. The Balaban J connectivity index is 2.25. The Morgan fingerprint density at radius 2 is 2.35 bits per heavy atom. The van der Waals surface area contributed by atoms with Crippen molar-refractivity contribution < 1.29 is 4.74 Å². The molecule has 3 nitrogen and oxygen atoms in total. The van der Waals surface area contributed by atoms with Crippen molar-refractivity contribution in [2.45, 2.75) is 26.2 Å². The molecular formula is C12H18BrClN2O. The lowest BCUT2D eigenvalue weighted by Crippen LogP contribution is -2.27. The van der Waals surface area contributed by atoms with Crippen LogP contribution in [0.15, 0.2) is 0 Å². The number of hydrogen-bond donors (Lipinski definition) is 0. The first-order chi connectivity index (χ1) is 8.12. The van der Waals surface area contributed by atoms with Gasteiger partial charge in [-0.2, -0.15) is 5.10 Å². The van der Waals surface area contributed by atoms with Gasteiger partial charge in [0.1, 0.15) is 0 Å². The zero-order chi connectivity index (χ0) is 12.5. The number of aromatic nitrogens is 2. The fraction of sp³-hybridized carbons (Fsp3) is 0.750. The lowest BCUT2D eigenvalue weighted by atomic mass is 9.84. The SMILES string of the molecule is CCc1nn(C)c(CC2(CBr)CCOC2)c1Cl. The molecule has 1 unspecified atom stereocenters. The van der Waals surface area contributed by atoms with Gasteiger partial charge < -0.3 is 4.74 Å². The summed E-state index contributed by atoms with van der Waals surface area (Å²) in [4.78, 5) is 0. The van der Waals surface area contributed by atoms with Gasteiger partial charge in [0.2, 0.25) is 0 Å². The van der Waals surface area contributed by atoms with Gasteiger partial charge in [-0.15, -0.1) is 0 Å². The second-order valence-electron chi connectivity index (χ2n) is 4.80. The summed E-state index contributed by atoms with van der Waals surface area (Å²) in [6.45, 7) is 3.74. The average molecular weight is 322 g/mol. The monoisotopic (exact) mass is 320 g/mol. The van der Waals surface area contributed by atoms with E-state index < -0.39 is 0 Å². The minimum absolute atomic E-state index is 0.183. The average Bonchev–Trinajstić information content (AvgIpc) is 2.90. The predicted octanol–water partition coefficient (Wildman–Crippen LogP) is 2.98. The van der Waals surface area contributed by atoms with Crippen molar-refractivity contribution in [3.8, 4) is 0 Å². The van der Waals surface area contributed by atoms with Crippen molar-refractivity contribution in [2.75, 3.05) is 18.5 Å². The first kappa shape index (κ1) is 13.4. The molecule has 0 spiro atoms. The molecule has 17 heavy (non-hydrogen) atoms. The summed E-state index contributed by atoms with van der Waals surface area (Å²) >= 11 is 10.00. The van der Waals surface area contributed by atoms with Gasteiger partial charge in [0, 0.05) is 24.4 Å². The molecule has 96 valence electrons. The predicted molar refractivity (Wildman–Crippen MR) is 73.0 cm³/mol. The van der Waals surface area contributed by atoms with Crippen LogP contribution in [0.25, 0.3) is 0 Å². The molecule has 1 aliphatic rings. The molecule has 1 fully saturated rings. The third-order valence-corrected chi connectivity index (χ3v) is 5.14. The molecule has 2 rings (SSSR count). The number of aryl methyl sites for hydroxylation is 2. The van der Waals surface area contributed by atoms with Crippen LogP contribution in [0.2, 0.25) is 5.02 Å². The highest BCUT2D eigenvalue weighted by Gasteiger charge is 2.36. The van der Waals surface area contributed by atoms with Gasteiger partial charge >= 0.3 is 0 Å². The van der Waals surface area contributed by atoms with E-state index in [0.29, 0.717) is 0 Å². The van der Waals surface area contributed by atoms with Gasteiger partial charge in [-0.25, -0.2) is 0 Å². The fourth-order valence-electron chi connectivity index (χ4n) is 2.31. The third-order valence-electron chi connectivity index (χ3n) is 3.51. The van der Waals surface area contributed by atoms with E-state index in [0.717, 1.165) is 54.2 Å². The van der Waals surface area contributed by atoms with E-state index in [-0.39, 0.29) is 5.41 Å². The van der Waals surface area contributed by atoms with Crippen molar-refractivity contribution in [1.29, 1.82) is 0 Å². The van der Waals surface area contributed by atoms with Crippen molar-refractivity contribution in [3.63, 3.8) is 0 Å². The number of nitrogens with zero attached hydrogens (tertiary/aromatic N) is 2. The summed E-state index contributed by atoms with van der Waals surface area (Å²) in [6.07, 6.45) is 2.90. The van der Waals surface area contributed by atoms with E-state index in [9.17, 15) is 0 Å². The van der Waals surface area contributed by atoms with Crippen molar-refractivity contribution in [3.05, 3.63) is 16.4 Å². The number of ether oxygens (including phenoxy) is 1. The van der Waals surface area contributed by atoms with Crippen LogP contribution in [0.3, 0.4) is 0 Å². The molecule has 1 aromatic heterocycles. The molecule has 2 heterocycles. The molecule has 1 aliphatic heterocycles. The lowest BCUT2D eigenvalue weighted by Gasteiger charge is -2.24. The molecule has 0 aromatic carbocycles. The second kappa shape index (κ2) is 5.29. The minimum Gasteiger partial charge on any atom is -0.381 e. The summed E-state index contributed by atoms with van der Waals surface area (Å²) in [5.74, 6) is 0. The zero-order valence-electron chi connectivity index (χ0n) is 10.3. The molecule has 1 atom stereocenters. The minimum atomic E-state index is 0.183. The molecule has 1 saturated heterocycles. The Hall–Kier alpha value is -0.0600. The molecule has 0 amide bonds. The van der Waals surface area contributed by atoms with E-state index in [4.69, 9.17) is 16.3 Å². The zero-order valence-corrected chi connectivity index (χ0v) is 12.6. The van der Waals surface area contributed by atoms with E-state index in [1.807, 2.05) is 11.7 Å². The van der Waals surface area contributed by atoms with Gasteiger partial charge in [-0.3, -0.25) is 4.68 Å². The second-order valence-corrected chi connectivity index (χ2v) is 5.74. The van der Waals surface area contributed by atoms with Crippen LogP contribution in [-0.4, -0.2) is 28.3 Å². The highest BCUT2D eigenvalue weighted by atomic mass is 79.9. The maximum absolute atomic E-state index is 6.39. The van der Waals surface area contributed by atoms with Crippen molar-refractivity contribution in [2.24, 2.45) is 12.5 Å². The van der Waals surface area contributed by atoms with Gasteiger partial charge in [-0.05, 0) is 19.3 Å². The molecule has 0 aliphatic carbocycles. The highest BCUT2D eigenvalue weighted by Crippen LogP contribution is 2.36. The largest absolute Gasteiger partial charge is 0.381 e. The van der Waals surface area contributed by atoms with Crippen LogP contribution < -0.4 is 0 Å².